The average Bonchev–Trinajstić information content (AvgIpc) is 2.61. The van der Waals surface area contributed by atoms with E-state index in [9.17, 15) is 14.4 Å². The standard InChI is InChI=1S/C20H12ClFN2O/c21-18-6-3-7-19(22)17(18)11-15(12-23)20(25)24-16-9-8-13-4-1-2-5-14(13)10-16/h1-11H,(H,24,25). The smallest absolute Gasteiger partial charge is 0.266 e. The van der Waals surface area contributed by atoms with E-state index in [0.29, 0.717) is 5.69 Å². The maximum atomic E-state index is 13.8. The van der Waals surface area contributed by atoms with Gasteiger partial charge in [-0.25, -0.2) is 4.39 Å². The van der Waals surface area contributed by atoms with Crippen LogP contribution in [-0.2, 0) is 4.79 Å². The third kappa shape index (κ3) is 3.68. The summed E-state index contributed by atoms with van der Waals surface area (Å²) in [5.41, 5.74) is 0.319. The number of rotatable bonds is 3. The van der Waals surface area contributed by atoms with Crippen LogP contribution in [0.4, 0.5) is 10.1 Å². The van der Waals surface area contributed by atoms with Crippen molar-refractivity contribution in [3.05, 3.63) is 82.6 Å². The molecule has 5 heteroatoms. The summed E-state index contributed by atoms with van der Waals surface area (Å²) in [6.07, 6.45) is 1.15. The van der Waals surface area contributed by atoms with E-state index in [-0.39, 0.29) is 16.2 Å². The van der Waals surface area contributed by atoms with E-state index in [1.165, 1.54) is 18.2 Å². The van der Waals surface area contributed by atoms with Gasteiger partial charge in [0.1, 0.15) is 17.5 Å². The number of carbonyl (C=O) groups is 1. The average molecular weight is 351 g/mol. The highest BCUT2D eigenvalue weighted by atomic mass is 35.5. The van der Waals surface area contributed by atoms with Gasteiger partial charge >= 0.3 is 0 Å². The van der Waals surface area contributed by atoms with E-state index in [4.69, 9.17) is 11.6 Å². The highest BCUT2D eigenvalue weighted by Crippen LogP contribution is 2.23. The molecule has 0 atom stereocenters. The van der Waals surface area contributed by atoms with Crippen molar-refractivity contribution >= 4 is 40.0 Å². The van der Waals surface area contributed by atoms with Gasteiger partial charge in [0.25, 0.3) is 5.91 Å². The molecule has 0 saturated heterocycles. The lowest BCUT2D eigenvalue weighted by atomic mass is 10.1. The number of nitriles is 1. The molecule has 0 saturated carbocycles. The molecule has 0 spiro atoms. The molecule has 1 N–H and O–H groups in total. The molecule has 0 aliphatic carbocycles. The maximum absolute atomic E-state index is 13.8. The molecule has 0 aliphatic rings. The Labute approximate surface area is 149 Å². The van der Waals surface area contributed by atoms with E-state index in [2.05, 4.69) is 5.32 Å². The predicted molar refractivity (Wildman–Crippen MR) is 97.6 cm³/mol. The Kier molecular flexibility index (Phi) is 4.78. The van der Waals surface area contributed by atoms with Gasteiger partial charge < -0.3 is 5.32 Å². The van der Waals surface area contributed by atoms with Crippen LogP contribution in [0.2, 0.25) is 5.02 Å². The van der Waals surface area contributed by atoms with Crippen molar-refractivity contribution in [2.45, 2.75) is 0 Å². The number of anilines is 1. The molecule has 3 aromatic rings. The van der Waals surface area contributed by atoms with Crippen LogP contribution >= 0.6 is 11.6 Å². The number of fused-ring (bicyclic) bond motifs is 1. The van der Waals surface area contributed by atoms with Crippen LogP contribution in [0.15, 0.2) is 66.2 Å². The Bertz CT molecular complexity index is 1020. The molecule has 0 radical (unpaired) electrons. The Hall–Kier alpha value is -3.16. The molecule has 1 amide bonds. The second-order valence-electron chi connectivity index (χ2n) is 5.32. The lowest BCUT2D eigenvalue weighted by Gasteiger charge is -2.07. The van der Waals surface area contributed by atoms with Gasteiger partial charge in [-0.05, 0) is 41.1 Å². The van der Waals surface area contributed by atoms with Crippen LogP contribution in [0.25, 0.3) is 16.8 Å². The number of nitrogens with zero attached hydrogens (tertiary/aromatic N) is 1. The van der Waals surface area contributed by atoms with Gasteiger partial charge in [-0.1, -0.05) is 48.0 Å². The van der Waals surface area contributed by atoms with Gasteiger partial charge in [-0.3, -0.25) is 4.79 Å². The first-order valence-corrected chi connectivity index (χ1v) is 7.82. The molecule has 0 bridgehead atoms. The molecular formula is C20H12ClFN2O. The first kappa shape index (κ1) is 16.7. The van der Waals surface area contributed by atoms with Gasteiger partial charge in [0.05, 0.1) is 5.02 Å². The lowest BCUT2D eigenvalue weighted by molar-refractivity contribution is -0.112. The Morgan fingerprint density at radius 1 is 1.08 bits per heavy atom. The number of amides is 1. The minimum absolute atomic E-state index is 0.00868. The first-order valence-electron chi connectivity index (χ1n) is 7.44. The Balaban J connectivity index is 1.89. The van der Waals surface area contributed by atoms with Crippen molar-refractivity contribution in [2.75, 3.05) is 5.32 Å². The van der Waals surface area contributed by atoms with Crippen molar-refractivity contribution < 1.29 is 9.18 Å². The lowest BCUT2D eigenvalue weighted by Crippen LogP contribution is -2.13. The van der Waals surface area contributed by atoms with E-state index in [0.717, 1.165) is 16.8 Å². The molecule has 122 valence electrons. The molecule has 0 aliphatic heterocycles. The van der Waals surface area contributed by atoms with Crippen molar-refractivity contribution in [2.24, 2.45) is 0 Å². The minimum atomic E-state index is -0.628. The normalized spacial score (nSPS) is 11.2. The Morgan fingerprint density at radius 2 is 1.84 bits per heavy atom. The molecular weight excluding hydrogens is 339 g/mol. The van der Waals surface area contributed by atoms with Crippen LogP contribution in [0.1, 0.15) is 5.56 Å². The largest absolute Gasteiger partial charge is 0.321 e. The number of benzene rings is 3. The number of hydrogen-bond acceptors (Lipinski definition) is 2. The van der Waals surface area contributed by atoms with Crippen LogP contribution in [0.5, 0.6) is 0 Å². The number of hydrogen-bond donors (Lipinski definition) is 1. The molecule has 0 fully saturated rings. The van der Waals surface area contributed by atoms with Gasteiger partial charge in [0, 0.05) is 11.3 Å². The second-order valence-corrected chi connectivity index (χ2v) is 5.73. The number of carbonyl (C=O) groups excluding carboxylic acids is 1. The molecule has 0 unspecified atom stereocenters. The van der Waals surface area contributed by atoms with Gasteiger partial charge in [-0.15, -0.1) is 0 Å². The number of halogens is 2. The second kappa shape index (κ2) is 7.16. The van der Waals surface area contributed by atoms with E-state index in [1.807, 2.05) is 30.3 Å². The van der Waals surface area contributed by atoms with Crippen molar-refractivity contribution in [3.63, 3.8) is 0 Å². The van der Waals surface area contributed by atoms with E-state index in [1.54, 1.807) is 18.2 Å². The molecule has 25 heavy (non-hydrogen) atoms. The third-order valence-corrected chi connectivity index (χ3v) is 3.99. The third-order valence-electron chi connectivity index (χ3n) is 3.66. The molecule has 0 heterocycles. The molecule has 0 aromatic heterocycles. The van der Waals surface area contributed by atoms with Gasteiger partial charge in [0.2, 0.25) is 0 Å². The zero-order valence-electron chi connectivity index (χ0n) is 13.0. The topological polar surface area (TPSA) is 52.9 Å². The summed E-state index contributed by atoms with van der Waals surface area (Å²) in [6.45, 7) is 0. The molecule has 3 rings (SSSR count). The maximum Gasteiger partial charge on any atom is 0.266 e. The number of nitrogens with one attached hydrogen (secondary N) is 1. The minimum Gasteiger partial charge on any atom is -0.321 e. The van der Waals surface area contributed by atoms with Crippen molar-refractivity contribution in [1.29, 1.82) is 5.26 Å². The summed E-state index contributed by atoms with van der Waals surface area (Å²) < 4.78 is 13.8. The van der Waals surface area contributed by atoms with Gasteiger partial charge in [-0.2, -0.15) is 5.26 Å². The quantitative estimate of drug-likeness (QED) is 0.522. The predicted octanol–water partition coefficient (Wildman–Crippen LogP) is 5.18. The fraction of sp³-hybridized carbons (Fsp3) is 0. The fourth-order valence-corrected chi connectivity index (χ4v) is 2.62. The fourth-order valence-electron chi connectivity index (χ4n) is 2.41. The van der Waals surface area contributed by atoms with Crippen LogP contribution in [0, 0.1) is 17.1 Å². The Morgan fingerprint density at radius 3 is 2.56 bits per heavy atom. The summed E-state index contributed by atoms with van der Waals surface area (Å²) in [4.78, 5) is 12.3. The van der Waals surface area contributed by atoms with Crippen molar-refractivity contribution in [1.82, 2.24) is 0 Å². The first-order chi connectivity index (χ1) is 12.1. The zero-order chi connectivity index (χ0) is 17.8. The van der Waals surface area contributed by atoms with Crippen molar-refractivity contribution in [3.8, 4) is 6.07 Å². The highest BCUT2D eigenvalue weighted by molar-refractivity contribution is 6.32. The van der Waals surface area contributed by atoms with Crippen LogP contribution in [0.3, 0.4) is 0 Å². The summed E-state index contributed by atoms with van der Waals surface area (Å²) in [6, 6.07) is 19.1. The summed E-state index contributed by atoms with van der Waals surface area (Å²) in [5.74, 6) is -1.23. The SMILES string of the molecule is N#CC(=Cc1c(F)cccc1Cl)C(=O)Nc1ccc2ccccc2c1. The van der Waals surface area contributed by atoms with Gasteiger partial charge in [0.15, 0.2) is 0 Å². The highest BCUT2D eigenvalue weighted by Gasteiger charge is 2.13. The molecule has 3 nitrogen and oxygen atoms in total. The monoisotopic (exact) mass is 350 g/mol. The zero-order valence-corrected chi connectivity index (χ0v) is 13.7. The van der Waals surface area contributed by atoms with E-state index < -0.39 is 11.7 Å². The summed E-state index contributed by atoms with van der Waals surface area (Å²) in [7, 11) is 0. The van der Waals surface area contributed by atoms with E-state index >= 15 is 0 Å². The van der Waals surface area contributed by atoms with Crippen LogP contribution in [-0.4, -0.2) is 5.91 Å². The van der Waals surface area contributed by atoms with Crippen LogP contribution < -0.4 is 5.32 Å². The summed E-state index contributed by atoms with van der Waals surface area (Å²) in [5, 5.41) is 14.0. The molecule has 3 aromatic carbocycles. The summed E-state index contributed by atoms with van der Waals surface area (Å²) >= 11 is 5.94.